The first-order valence-electron chi connectivity index (χ1n) is 10.8. The highest BCUT2D eigenvalue weighted by atomic mass is 16.6. The van der Waals surface area contributed by atoms with Crippen LogP contribution in [0.1, 0.15) is 33.2 Å². The lowest BCUT2D eigenvalue weighted by Gasteiger charge is -2.11. The number of nitrogens with two attached hydrogens (primary N) is 1. The molecule has 0 aliphatic rings. The van der Waals surface area contributed by atoms with Gasteiger partial charge in [0.15, 0.2) is 11.5 Å². The molecule has 0 atom stereocenters. The lowest BCUT2D eigenvalue weighted by atomic mass is 10.1. The number of carbonyl (C=O) groups is 4. The number of hydrazone groups is 1. The third kappa shape index (κ3) is 6.54. The summed E-state index contributed by atoms with van der Waals surface area (Å²) in [6, 6.07) is 15.3. The molecule has 4 N–H and O–H groups in total. The Balaban J connectivity index is 1.68. The standard InChI is InChI=1S/C25H21N5O8/c1-14(28-29-24(33)23(32)27-17-10-7-15(8-11-17)22(26)31)16-9-12-20(21(13-16)37-2)38-25(34)18-5-3-4-6-19(18)30(35)36/h3-13H,1-2H3,(H2,26,31)(H,27,32)(H,29,33). The molecule has 3 aromatic rings. The number of hydrogen-bond donors (Lipinski definition) is 3. The molecule has 0 heterocycles. The molecular formula is C25H21N5O8. The number of nitrogens with one attached hydrogen (secondary N) is 2. The van der Waals surface area contributed by atoms with E-state index in [0.29, 0.717) is 5.56 Å². The SMILES string of the molecule is COc1cc(C(C)=NNC(=O)C(=O)Nc2ccc(C(N)=O)cc2)ccc1OC(=O)c1ccccc1[N+](=O)[O-]. The molecule has 0 unspecified atom stereocenters. The highest BCUT2D eigenvalue weighted by molar-refractivity contribution is 6.39. The van der Waals surface area contributed by atoms with E-state index in [1.54, 1.807) is 6.92 Å². The second-order valence-electron chi connectivity index (χ2n) is 7.56. The van der Waals surface area contributed by atoms with E-state index >= 15 is 0 Å². The summed E-state index contributed by atoms with van der Waals surface area (Å²) in [5, 5.41) is 17.4. The molecule has 13 nitrogen and oxygen atoms in total. The van der Waals surface area contributed by atoms with E-state index in [9.17, 15) is 29.3 Å². The fraction of sp³-hybridized carbons (Fsp3) is 0.0800. The molecule has 0 spiro atoms. The van der Waals surface area contributed by atoms with Crippen LogP contribution in [0.15, 0.2) is 71.8 Å². The van der Waals surface area contributed by atoms with Crippen molar-refractivity contribution in [3.8, 4) is 11.5 Å². The molecule has 3 aromatic carbocycles. The van der Waals surface area contributed by atoms with Gasteiger partial charge in [-0.25, -0.2) is 10.2 Å². The van der Waals surface area contributed by atoms with Gasteiger partial charge in [-0.3, -0.25) is 24.5 Å². The zero-order valence-corrected chi connectivity index (χ0v) is 20.1. The van der Waals surface area contributed by atoms with E-state index in [0.717, 1.165) is 0 Å². The second-order valence-corrected chi connectivity index (χ2v) is 7.56. The Labute approximate surface area is 215 Å². The molecule has 0 aromatic heterocycles. The first-order valence-corrected chi connectivity index (χ1v) is 10.8. The van der Waals surface area contributed by atoms with Crippen molar-refractivity contribution in [3.63, 3.8) is 0 Å². The van der Waals surface area contributed by atoms with E-state index in [-0.39, 0.29) is 34.0 Å². The van der Waals surface area contributed by atoms with Gasteiger partial charge in [0.2, 0.25) is 5.91 Å². The molecular weight excluding hydrogens is 498 g/mol. The topological polar surface area (TPSA) is 192 Å². The van der Waals surface area contributed by atoms with E-state index < -0.39 is 34.3 Å². The van der Waals surface area contributed by atoms with Crippen LogP contribution in [-0.2, 0) is 9.59 Å². The average Bonchev–Trinajstić information content (AvgIpc) is 2.91. The van der Waals surface area contributed by atoms with Gasteiger partial charge >= 0.3 is 17.8 Å². The lowest BCUT2D eigenvalue weighted by molar-refractivity contribution is -0.385. The summed E-state index contributed by atoms with van der Waals surface area (Å²) in [5.41, 5.74) is 7.90. The minimum Gasteiger partial charge on any atom is -0.493 e. The summed E-state index contributed by atoms with van der Waals surface area (Å²) in [7, 11) is 1.33. The third-order valence-electron chi connectivity index (χ3n) is 5.06. The van der Waals surface area contributed by atoms with Gasteiger partial charge in [-0.1, -0.05) is 12.1 Å². The van der Waals surface area contributed by atoms with Gasteiger partial charge in [0, 0.05) is 22.9 Å². The lowest BCUT2D eigenvalue weighted by Crippen LogP contribution is -2.33. The van der Waals surface area contributed by atoms with Crippen molar-refractivity contribution >= 4 is 40.8 Å². The van der Waals surface area contributed by atoms with Crippen LogP contribution < -0.4 is 25.9 Å². The van der Waals surface area contributed by atoms with Gasteiger partial charge < -0.3 is 20.5 Å². The molecule has 3 amide bonds. The van der Waals surface area contributed by atoms with Crippen molar-refractivity contribution < 1.29 is 33.6 Å². The number of hydrogen-bond acceptors (Lipinski definition) is 9. The Morgan fingerprint density at radius 3 is 2.21 bits per heavy atom. The van der Waals surface area contributed by atoms with E-state index in [2.05, 4.69) is 15.8 Å². The van der Waals surface area contributed by atoms with Crippen LogP contribution in [-0.4, -0.2) is 41.4 Å². The van der Waals surface area contributed by atoms with E-state index in [4.69, 9.17) is 15.2 Å². The average molecular weight is 519 g/mol. The zero-order valence-electron chi connectivity index (χ0n) is 20.1. The Morgan fingerprint density at radius 1 is 0.921 bits per heavy atom. The van der Waals surface area contributed by atoms with Gasteiger partial charge in [-0.05, 0) is 55.5 Å². The summed E-state index contributed by atoms with van der Waals surface area (Å²) in [6.07, 6.45) is 0. The van der Waals surface area contributed by atoms with Crippen LogP contribution in [0.3, 0.4) is 0 Å². The van der Waals surface area contributed by atoms with Gasteiger partial charge in [0.25, 0.3) is 5.69 Å². The number of nitrogens with zero attached hydrogens (tertiary/aromatic N) is 2. The van der Waals surface area contributed by atoms with Crippen LogP contribution in [0, 0.1) is 10.1 Å². The Bertz CT molecular complexity index is 1450. The molecule has 0 bridgehead atoms. The first kappa shape index (κ1) is 27.0. The Hall–Kier alpha value is -5.59. The van der Waals surface area contributed by atoms with Crippen LogP contribution in [0.5, 0.6) is 11.5 Å². The number of carbonyl (C=O) groups excluding carboxylic acids is 4. The van der Waals surface area contributed by atoms with Crippen molar-refractivity contribution in [3.05, 3.63) is 93.5 Å². The monoisotopic (exact) mass is 519 g/mol. The van der Waals surface area contributed by atoms with Crippen LogP contribution in [0.2, 0.25) is 0 Å². The summed E-state index contributed by atoms with van der Waals surface area (Å²) >= 11 is 0. The van der Waals surface area contributed by atoms with Crippen molar-refractivity contribution in [2.45, 2.75) is 6.92 Å². The first-order chi connectivity index (χ1) is 18.1. The molecule has 38 heavy (non-hydrogen) atoms. The number of esters is 1. The quantitative estimate of drug-likeness (QED) is 0.101. The summed E-state index contributed by atoms with van der Waals surface area (Å²) in [5.74, 6) is -3.51. The molecule has 0 aliphatic heterocycles. The largest absolute Gasteiger partial charge is 0.493 e. The number of ether oxygens (including phenoxy) is 2. The van der Waals surface area contributed by atoms with Crippen molar-refractivity contribution in [1.29, 1.82) is 0 Å². The van der Waals surface area contributed by atoms with Crippen LogP contribution in [0.25, 0.3) is 0 Å². The minimum atomic E-state index is -1.05. The summed E-state index contributed by atoms with van der Waals surface area (Å²) in [6.45, 7) is 1.55. The maximum absolute atomic E-state index is 12.5. The second kappa shape index (κ2) is 11.9. The van der Waals surface area contributed by atoms with Crippen molar-refractivity contribution in [2.75, 3.05) is 12.4 Å². The molecule has 0 fully saturated rings. The molecule has 0 aliphatic carbocycles. The van der Waals surface area contributed by atoms with E-state index in [1.807, 2.05) is 0 Å². The Kier molecular flexibility index (Phi) is 8.46. The van der Waals surface area contributed by atoms with E-state index in [1.165, 1.54) is 73.8 Å². The maximum Gasteiger partial charge on any atom is 0.350 e. The number of para-hydroxylation sites is 1. The van der Waals surface area contributed by atoms with Crippen molar-refractivity contribution in [1.82, 2.24) is 5.43 Å². The maximum atomic E-state index is 12.5. The number of rotatable bonds is 8. The number of primary amides is 1. The summed E-state index contributed by atoms with van der Waals surface area (Å²) < 4.78 is 10.6. The number of nitro benzene ring substituents is 1. The smallest absolute Gasteiger partial charge is 0.350 e. The molecule has 0 radical (unpaired) electrons. The number of benzene rings is 3. The highest BCUT2D eigenvalue weighted by Gasteiger charge is 2.22. The summed E-state index contributed by atoms with van der Waals surface area (Å²) in [4.78, 5) is 58.4. The molecule has 3 rings (SSSR count). The van der Waals surface area contributed by atoms with Gasteiger partial charge in [0.1, 0.15) is 5.56 Å². The predicted molar refractivity (Wildman–Crippen MR) is 135 cm³/mol. The van der Waals surface area contributed by atoms with Crippen molar-refractivity contribution in [2.24, 2.45) is 10.8 Å². The number of anilines is 1. The highest BCUT2D eigenvalue weighted by Crippen LogP contribution is 2.30. The number of nitro groups is 1. The molecule has 0 saturated heterocycles. The molecule has 194 valence electrons. The van der Waals surface area contributed by atoms with Gasteiger partial charge in [-0.2, -0.15) is 5.10 Å². The fourth-order valence-electron chi connectivity index (χ4n) is 3.09. The zero-order chi connectivity index (χ0) is 27.8. The van der Waals surface area contributed by atoms with Crippen LogP contribution in [0.4, 0.5) is 11.4 Å². The normalized spacial score (nSPS) is 10.7. The number of amides is 3. The predicted octanol–water partition coefficient (Wildman–Crippen LogP) is 2.40. The van der Waals surface area contributed by atoms with Gasteiger partial charge in [-0.15, -0.1) is 0 Å². The fourth-order valence-corrected chi connectivity index (χ4v) is 3.09. The third-order valence-corrected chi connectivity index (χ3v) is 5.06. The number of methoxy groups -OCH3 is 1. The van der Waals surface area contributed by atoms with Gasteiger partial charge in [0.05, 0.1) is 17.7 Å². The minimum absolute atomic E-state index is 0.00188. The molecule has 13 heteroatoms. The van der Waals surface area contributed by atoms with Crippen LogP contribution >= 0.6 is 0 Å². The molecule has 0 saturated carbocycles. The Morgan fingerprint density at radius 2 is 1.58 bits per heavy atom.